The summed E-state index contributed by atoms with van der Waals surface area (Å²) in [6, 6.07) is 0. The maximum atomic E-state index is 5.99. The van der Waals surface area contributed by atoms with Gasteiger partial charge in [-0.25, -0.2) is 4.98 Å². The Labute approximate surface area is 131 Å². The third-order valence-electron chi connectivity index (χ3n) is 3.06. The summed E-state index contributed by atoms with van der Waals surface area (Å²) in [6.45, 7) is 6.55. The maximum Gasteiger partial charge on any atom is 0.264 e. The van der Waals surface area contributed by atoms with Crippen LogP contribution in [0.1, 0.15) is 11.5 Å². The predicted octanol–water partition coefficient (Wildman–Crippen LogP) is 2.12. The molecule has 21 heavy (non-hydrogen) atoms. The van der Waals surface area contributed by atoms with E-state index in [4.69, 9.17) is 20.8 Å². The number of halogens is 1. The number of nitrogens with zero attached hydrogens (tertiary/aromatic N) is 5. The van der Waals surface area contributed by atoms with Crippen LogP contribution in [0.3, 0.4) is 0 Å². The van der Waals surface area contributed by atoms with Crippen LogP contribution in [0, 0.1) is 13.8 Å². The van der Waals surface area contributed by atoms with Gasteiger partial charge in [0.05, 0.1) is 18.9 Å². The van der Waals surface area contributed by atoms with Crippen LogP contribution in [-0.4, -0.2) is 46.2 Å². The van der Waals surface area contributed by atoms with Gasteiger partial charge in [-0.3, -0.25) is 0 Å². The van der Waals surface area contributed by atoms with E-state index < -0.39 is 0 Å². The molecule has 0 saturated carbocycles. The van der Waals surface area contributed by atoms with Crippen LogP contribution in [0.4, 0.5) is 5.95 Å². The summed E-state index contributed by atoms with van der Waals surface area (Å²) < 4.78 is 10.8. The molecular formula is C12H14ClN5O2S. The second-order valence-electron chi connectivity index (χ2n) is 4.51. The van der Waals surface area contributed by atoms with Crippen LogP contribution < -0.4 is 4.90 Å². The zero-order valence-corrected chi connectivity index (χ0v) is 13.2. The molecule has 1 aliphatic heterocycles. The van der Waals surface area contributed by atoms with Crippen LogP contribution >= 0.6 is 23.4 Å². The number of oxazole rings is 1. The first-order chi connectivity index (χ1) is 10.1. The van der Waals surface area contributed by atoms with Gasteiger partial charge in [0.2, 0.25) is 16.4 Å². The Balaban J connectivity index is 1.83. The van der Waals surface area contributed by atoms with Crippen molar-refractivity contribution in [2.45, 2.75) is 24.2 Å². The van der Waals surface area contributed by atoms with Gasteiger partial charge in [-0.2, -0.15) is 15.0 Å². The quantitative estimate of drug-likeness (QED) is 0.848. The SMILES string of the molecule is Cc1nc(Sc2nc(Cl)nc(N3CCOCC3)n2)oc1C. The highest BCUT2D eigenvalue weighted by molar-refractivity contribution is 7.98. The molecule has 9 heteroatoms. The molecule has 112 valence electrons. The zero-order valence-electron chi connectivity index (χ0n) is 11.7. The number of anilines is 1. The number of rotatable bonds is 3. The van der Waals surface area contributed by atoms with Gasteiger partial charge in [-0.15, -0.1) is 0 Å². The van der Waals surface area contributed by atoms with Crippen molar-refractivity contribution >= 4 is 29.3 Å². The van der Waals surface area contributed by atoms with Crippen molar-refractivity contribution in [1.82, 2.24) is 19.9 Å². The molecule has 0 atom stereocenters. The first-order valence-electron chi connectivity index (χ1n) is 6.48. The Morgan fingerprint density at radius 2 is 1.86 bits per heavy atom. The highest BCUT2D eigenvalue weighted by atomic mass is 35.5. The minimum absolute atomic E-state index is 0.161. The van der Waals surface area contributed by atoms with Crippen molar-refractivity contribution in [2.75, 3.05) is 31.2 Å². The summed E-state index contributed by atoms with van der Waals surface area (Å²) in [5.74, 6) is 1.34. The van der Waals surface area contributed by atoms with Crippen LogP contribution in [0.15, 0.2) is 14.8 Å². The first-order valence-corrected chi connectivity index (χ1v) is 7.67. The van der Waals surface area contributed by atoms with Crippen LogP contribution in [0.2, 0.25) is 5.28 Å². The smallest absolute Gasteiger partial charge is 0.264 e. The zero-order chi connectivity index (χ0) is 14.8. The third-order valence-corrected chi connectivity index (χ3v) is 3.94. The fourth-order valence-corrected chi connectivity index (χ4v) is 2.81. The van der Waals surface area contributed by atoms with E-state index in [1.54, 1.807) is 0 Å². The Hall–Kier alpha value is -1.38. The number of ether oxygens (including phenoxy) is 1. The largest absolute Gasteiger partial charge is 0.436 e. The standard InChI is InChI=1S/C12H14ClN5O2S/c1-7-8(2)20-12(14-7)21-11-16-9(13)15-10(17-11)18-3-5-19-6-4-18/h3-6H2,1-2H3. The average molecular weight is 328 g/mol. The van der Waals surface area contributed by atoms with Crippen LogP contribution in [-0.2, 0) is 4.74 Å². The molecule has 0 amide bonds. The van der Waals surface area contributed by atoms with Gasteiger partial charge in [-0.05, 0) is 25.4 Å². The molecule has 1 fully saturated rings. The van der Waals surface area contributed by atoms with E-state index in [0.717, 1.165) is 24.5 Å². The lowest BCUT2D eigenvalue weighted by Crippen LogP contribution is -2.37. The average Bonchev–Trinajstić information content (AvgIpc) is 2.77. The number of aryl methyl sites for hydroxylation is 2. The molecule has 7 nitrogen and oxygen atoms in total. The minimum Gasteiger partial charge on any atom is -0.436 e. The summed E-state index contributed by atoms with van der Waals surface area (Å²) in [5, 5.41) is 1.13. The van der Waals surface area contributed by atoms with Gasteiger partial charge in [-0.1, -0.05) is 0 Å². The summed E-state index contributed by atoms with van der Waals surface area (Å²) >= 11 is 7.22. The first kappa shape index (κ1) is 14.6. The fourth-order valence-electron chi connectivity index (χ4n) is 1.84. The highest BCUT2D eigenvalue weighted by Gasteiger charge is 2.17. The van der Waals surface area contributed by atoms with E-state index in [1.807, 2.05) is 18.7 Å². The maximum absolute atomic E-state index is 5.99. The van der Waals surface area contributed by atoms with Gasteiger partial charge in [0.1, 0.15) is 5.76 Å². The summed E-state index contributed by atoms with van der Waals surface area (Å²) in [7, 11) is 0. The van der Waals surface area contributed by atoms with Crippen molar-refractivity contribution in [3.63, 3.8) is 0 Å². The Kier molecular flexibility index (Phi) is 4.27. The Morgan fingerprint density at radius 1 is 1.10 bits per heavy atom. The van der Waals surface area contributed by atoms with Crippen LogP contribution in [0.5, 0.6) is 0 Å². The lowest BCUT2D eigenvalue weighted by Gasteiger charge is -2.26. The molecule has 0 N–H and O–H groups in total. The molecule has 3 rings (SSSR count). The Bertz CT molecular complexity index is 625. The molecule has 2 aromatic heterocycles. The number of morpholine rings is 1. The molecule has 1 aliphatic rings. The number of aromatic nitrogens is 4. The fraction of sp³-hybridized carbons (Fsp3) is 0.500. The van der Waals surface area contributed by atoms with E-state index in [-0.39, 0.29) is 5.28 Å². The lowest BCUT2D eigenvalue weighted by atomic mass is 10.4. The molecule has 0 unspecified atom stereocenters. The van der Waals surface area contributed by atoms with E-state index in [9.17, 15) is 0 Å². The molecule has 0 aromatic carbocycles. The van der Waals surface area contributed by atoms with Crippen molar-refractivity contribution in [3.8, 4) is 0 Å². The molecule has 2 aromatic rings. The minimum atomic E-state index is 0.161. The number of hydrogen-bond donors (Lipinski definition) is 0. The van der Waals surface area contributed by atoms with E-state index >= 15 is 0 Å². The molecule has 0 radical (unpaired) electrons. The van der Waals surface area contributed by atoms with E-state index in [1.165, 1.54) is 11.8 Å². The van der Waals surface area contributed by atoms with Gasteiger partial charge in [0.15, 0.2) is 0 Å². The summed E-state index contributed by atoms with van der Waals surface area (Å²) in [6.07, 6.45) is 0. The van der Waals surface area contributed by atoms with Crippen molar-refractivity contribution in [2.24, 2.45) is 0 Å². The third kappa shape index (κ3) is 3.45. The highest BCUT2D eigenvalue weighted by Crippen LogP contribution is 2.27. The molecule has 0 aliphatic carbocycles. The van der Waals surface area contributed by atoms with Crippen molar-refractivity contribution in [1.29, 1.82) is 0 Å². The van der Waals surface area contributed by atoms with Crippen LogP contribution in [0.25, 0.3) is 0 Å². The van der Waals surface area contributed by atoms with Gasteiger partial charge in [0, 0.05) is 24.9 Å². The second-order valence-corrected chi connectivity index (χ2v) is 5.77. The Morgan fingerprint density at radius 3 is 2.52 bits per heavy atom. The van der Waals surface area contributed by atoms with E-state index in [2.05, 4.69) is 19.9 Å². The number of hydrogen-bond acceptors (Lipinski definition) is 8. The normalized spacial score (nSPS) is 15.5. The van der Waals surface area contributed by atoms with E-state index in [0.29, 0.717) is 29.5 Å². The van der Waals surface area contributed by atoms with Crippen molar-refractivity contribution in [3.05, 3.63) is 16.7 Å². The van der Waals surface area contributed by atoms with Gasteiger partial charge >= 0.3 is 0 Å². The second kappa shape index (κ2) is 6.17. The lowest BCUT2D eigenvalue weighted by molar-refractivity contribution is 0.122. The summed E-state index contributed by atoms with van der Waals surface area (Å²) in [4.78, 5) is 19.0. The van der Waals surface area contributed by atoms with Crippen molar-refractivity contribution < 1.29 is 9.15 Å². The molecule has 3 heterocycles. The summed E-state index contributed by atoms with van der Waals surface area (Å²) in [5.41, 5.74) is 0.853. The van der Waals surface area contributed by atoms with Gasteiger partial charge in [0.25, 0.3) is 5.22 Å². The molecule has 0 spiro atoms. The molecular weight excluding hydrogens is 314 g/mol. The molecule has 1 saturated heterocycles. The predicted molar refractivity (Wildman–Crippen MR) is 78.0 cm³/mol. The topological polar surface area (TPSA) is 77.2 Å². The van der Waals surface area contributed by atoms with Gasteiger partial charge < -0.3 is 14.1 Å². The monoisotopic (exact) mass is 327 g/mol. The molecule has 0 bridgehead atoms.